The smallest absolute Gasteiger partial charge is 0.188 e. The van der Waals surface area contributed by atoms with Crippen LogP contribution < -0.4 is 5.32 Å². The predicted molar refractivity (Wildman–Crippen MR) is 60.5 cm³/mol. The number of rotatable bonds is 2. The standard InChI is InChI=1S/C11H15N5O/c1-8-2-3-9(17-8)11(4-6-12-7-5-11)10-13-15-16-14-10/h2-3,12H,4-7H2,1H3,(H,13,14,15,16). The lowest BCUT2D eigenvalue weighted by atomic mass is 9.76. The first-order valence-electron chi connectivity index (χ1n) is 5.83. The fourth-order valence-corrected chi connectivity index (χ4v) is 2.49. The van der Waals surface area contributed by atoms with Gasteiger partial charge in [0, 0.05) is 0 Å². The van der Waals surface area contributed by atoms with Crippen LogP contribution in [-0.4, -0.2) is 33.7 Å². The largest absolute Gasteiger partial charge is 0.465 e. The number of aromatic amines is 1. The number of furan rings is 1. The van der Waals surface area contributed by atoms with Crippen LogP contribution in [0.1, 0.15) is 30.2 Å². The van der Waals surface area contributed by atoms with Crippen LogP contribution in [0.3, 0.4) is 0 Å². The Labute approximate surface area is 98.8 Å². The molecule has 6 nitrogen and oxygen atoms in total. The lowest BCUT2D eigenvalue weighted by Gasteiger charge is -2.32. The van der Waals surface area contributed by atoms with Crippen LogP contribution in [-0.2, 0) is 5.41 Å². The number of tetrazole rings is 1. The number of piperidine rings is 1. The molecule has 1 fully saturated rings. The number of aromatic nitrogens is 4. The first kappa shape index (κ1) is 10.5. The zero-order valence-electron chi connectivity index (χ0n) is 9.73. The second kappa shape index (κ2) is 3.96. The molecule has 2 N–H and O–H groups in total. The molecule has 0 unspecified atom stereocenters. The molecule has 3 rings (SSSR count). The SMILES string of the molecule is Cc1ccc(C2(c3nn[nH]n3)CCNCC2)o1. The van der Waals surface area contributed by atoms with Crippen LogP contribution in [0.5, 0.6) is 0 Å². The summed E-state index contributed by atoms with van der Waals surface area (Å²) in [6.45, 7) is 3.83. The van der Waals surface area contributed by atoms with Crippen LogP contribution in [0.15, 0.2) is 16.5 Å². The molecule has 17 heavy (non-hydrogen) atoms. The van der Waals surface area contributed by atoms with E-state index in [4.69, 9.17) is 4.42 Å². The van der Waals surface area contributed by atoms with E-state index < -0.39 is 0 Å². The van der Waals surface area contributed by atoms with Crippen LogP contribution >= 0.6 is 0 Å². The van der Waals surface area contributed by atoms with E-state index in [0.29, 0.717) is 0 Å². The lowest BCUT2D eigenvalue weighted by molar-refractivity contribution is 0.285. The predicted octanol–water partition coefficient (Wildman–Crippen LogP) is 0.771. The Balaban J connectivity index is 2.07. The molecule has 0 aromatic carbocycles. The zero-order chi connectivity index (χ0) is 11.7. The quantitative estimate of drug-likeness (QED) is 0.801. The summed E-state index contributed by atoms with van der Waals surface area (Å²) < 4.78 is 5.80. The van der Waals surface area contributed by atoms with Gasteiger partial charge in [-0.3, -0.25) is 0 Å². The molecule has 0 saturated carbocycles. The van der Waals surface area contributed by atoms with Gasteiger partial charge in [-0.05, 0) is 45.0 Å². The molecule has 0 aliphatic carbocycles. The van der Waals surface area contributed by atoms with Crippen LogP contribution in [0.25, 0.3) is 0 Å². The molecule has 90 valence electrons. The van der Waals surface area contributed by atoms with Crippen molar-refractivity contribution < 1.29 is 4.42 Å². The summed E-state index contributed by atoms with van der Waals surface area (Å²) in [4.78, 5) is 0. The molecular weight excluding hydrogens is 218 g/mol. The maximum atomic E-state index is 5.80. The van der Waals surface area contributed by atoms with Gasteiger partial charge < -0.3 is 9.73 Å². The molecule has 0 bridgehead atoms. The molecule has 0 radical (unpaired) electrons. The minimum atomic E-state index is -0.230. The maximum absolute atomic E-state index is 5.80. The number of aryl methyl sites for hydroxylation is 1. The molecule has 0 spiro atoms. The van der Waals surface area contributed by atoms with E-state index >= 15 is 0 Å². The van der Waals surface area contributed by atoms with Gasteiger partial charge in [0.15, 0.2) is 5.82 Å². The molecule has 0 atom stereocenters. The van der Waals surface area contributed by atoms with Crippen LogP contribution in [0, 0.1) is 6.92 Å². The topological polar surface area (TPSA) is 79.6 Å². The molecule has 2 aromatic heterocycles. The van der Waals surface area contributed by atoms with Crippen molar-refractivity contribution in [3.63, 3.8) is 0 Å². The Morgan fingerprint density at radius 3 is 2.71 bits per heavy atom. The minimum absolute atomic E-state index is 0.230. The Kier molecular flexibility index (Phi) is 2.44. The first-order valence-corrected chi connectivity index (χ1v) is 5.83. The Morgan fingerprint density at radius 1 is 1.29 bits per heavy atom. The number of H-pyrrole nitrogens is 1. The van der Waals surface area contributed by atoms with Crippen molar-refractivity contribution in [3.05, 3.63) is 29.5 Å². The molecule has 1 saturated heterocycles. The summed E-state index contributed by atoms with van der Waals surface area (Å²) in [5, 5.41) is 17.9. The molecule has 0 amide bonds. The van der Waals surface area contributed by atoms with Gasteiger partial charge in [0.2, 0.25) is 0 Å². The van der Waals surface area contributed by atoms with Gasteiger partial charge >= 0.3 is 0 Å². The third kappa shape index (κ3) is 1.64. The third-order valence-corrected chi connectivity index (χ3v) is 3.44. The van der Waals surface area contributed by atoms with E-state index in [2.05, 4.69) is 25.9 Å². The summed E-state index contributed by atoms with van der Waals surface area (Å²) in [6, 6.07) is 4.01. The van der Waals surface area contributed by atoms with Crippen LogP contribution in [0.4, 0.5) is 0 Å². The van der Waals surface area contributed by atoms with Crippen molar-refractivity contribution in [1.29, 1.82) is 0 Å². The third-order valence-electron chi connectivity index (χ3n) is 3.44. The van der Waals surface area contributed by atoms with Crippen molar-refractivity contribution in [3.8, 4) is 0 Å². The summed E-state index contributed by atoms with van der Waals surface area (Å²) >= 11 is 0. The molecular formula is C11H15N5O. The van der Waals surface area contributed by atoms with E-state index in [1.165, 1.54) is 0 Å². The van der Waals surface area contributed by atoms with E-state index in [1.807, 2.05) is 19.1 Å². The van der Waals surface area contributed by atoms with Gasteiger partial charge in [-0.25, -0.2) is 0 Å². The highest BCUT2D eigenvalue weighted by Crippen LogP contribution is 2.38. The van der Waals surface area contributed by atoms with E-state index in [1.54, 1.807) is 0 Å². The molecule has 3 heterocycles. The van der Waals surface area contributed by atoms with Crippen LogP contribution in [0.2, 0.25) is 0 Å². The second-order valence-corrected chi connectivity index (χ2v) is 4.48. The number of nitrogens with one attached hydrogen (secondary N) is 2. The summed E-state index contributed by atoms with van der Waals surface area (Å²) in [6.07, 6.45) is 1.86. The summed E-state index contributed by atoms with van der Waals surface area (Å²) in [5.74, 6) is 2.59. The van der Waals surface area contributed by atoms with Crippen molar-refractivity contribution in [1.82, 2.24) is 25.9 Å². The van der Waals surface area contributed by atoms with E-state index in [9.17, 15) is 0 Å². The minimum Gasteiger partial charge on any atom is -0.465 e. The van der Waals surface area contributed by atoms with Gasteiger partial charge in [-0.2, -0.15) is 5.21 Å². The number of hydrogen-bond acceptors (Lipinski definition) is 5. The fraction of sp³-hybridized carbons (Fsp3) is 0.545. The van der Waals surface area contributed by atoms with E-state index in [-0.39, 0.29) is 5.41 Å². The van der Waals surface area contributed by atoms with Crippen molar-refractivity contribution >= 4 is 0 Å². The van der Waals surface area contributed by atoms with Crippen molar-refractivity contribution in [2.75, 3.05) is 13.1 Å². The van der Waals surface area contributed by atoms with Gasteiger partial charge in [0.25, 0.3) is 0 Å². The molecule has 2 aromatic rings. The summed E-state index contributed by atoms with van der Waals surface area (Å²) in [5.41, 5.74) is -0.230. The highest BCUT2D eigenvalue weighted by Gasteiger charge is 2.42. The highest BCUT2D eigenvalue weighted by atomic mass is 16.3. The Hall–Kier alpha value is -1.69. The Morgan fingerprint density at radius 2 is 2.12 bits per heavy atom. The van der Waals surface area contributed by atoms with Crippen molar-refractivity contribution in [2.24, 2.45) is 0 Å². The van der Waals surface area contributed by atoms with Gasteiger partial charge in [-0.1, -0.05) is 5.21 Å². The average molecular weight is 233 g/mol. The molecule has 1 aliphatic rings. The molecule has 6 heteroatoms. The first-order chi connectivity index (χ1) is 8.31. The maximum Gasteiger partial charge on any atom is 0.188 e. The van der Waals surface area contributed by atoms with Gasteiger partial charge in [0.05, 0.1) is 5.41 Å². The normalized spacial score (nSPS) is 19.4. The second-order valence-electron chi connectivity index (χ2n) is 4.48. The highest BCUT2D eigenvalue weighted by molar-refractivity contribution is 5.26. The van der Waals surface area contributed by atoms with E-state index in [0.717, 1.165) is 43.3 Å². The summed E-state index contributed by atoms with van der Waals surface area (Å²) in [7, 11) is 0. The zero-order valence-corrected chi connectivity index (χ0v) is 9.73. The van der Waals surface area contributed by atoms with Crippen molar-refractivity contribution in [2.45, 2.75) is 25.2 Å². The van der Waals surface area contributed by atoms with Gasteiger partial charge in [0.1, 0.15) is 11.5 Å². The van der Waals surface area contributed by atoms with Gasteiger partial charge in [-0.15, -0.1) is 10.2 Å². The average Bonchev–Trinajstić information content (AvgIpc) is 3.01. The monoisotopic (exact) mass is 233 g/mol. The lowest BCUT2D eigenvalue weighted by Crippen LogP contribution is -2.41. The Bertz CT molecular complexity index is 484. The molecule has 1 aliphatic heterocycles. The number of hydrogen-bond donors (Lipinski definition) is 2. The fourth-order valence-electron chi connectivity index (χ4n) is 2.49. The number of nitrogens with zero attached hydrogens (tertiary/aromatic N) is 3.